The molecule has 1 aliphatic heterocycles. The van der Waals surface area contributed by atoms with Gasteiger partial charge in [-0.15, -0.1) is 0 Å². The largest absolute Gasteiger partial charge is 0.497 e. The van der Waals surface area contributed by atoms with E-state index >= 15 is 0 Å². The molecular formula is C19H22N2O4. The number of amides is 1. The molecule has 0 unspecified atom stereocenters. The number of hydrogen-bond acceptors (Lipinski definition) is 5. The standard InChI is InChI=1S/C19H22N2O4/c1-23-17-10-15(11-18(12-17)24-2)21-8-7-14(13-21)20-19(22)6-5-16-4-3-9-25-16/h3-6,9-12,14H,7-8,13H2,1-2H3,(H,20,22)/b6-5+/t14-/m0/s1. The van der Waals surface area contributed by atoms with Gasteiger partial charge in [0.1, 0.15) is 17.3 Å². The van der Waals surface area contributed by atoms with Crippen LogP contribution < -0.4 is 19.7 Å². The molecule has 0 aliphatic carbocycles. The van der Waals surface area contributed by atoms with Crippen molar-refractivity contribution in [1.82, 2.24) is 5.32 Å². The quantitative estimate of drug-likeness (QED) is 0.818. The van der Waals surface area contributed by atoms with Crippen molar-refractivity contribution in [3.05, 3.63) is 48.4 Å². The topological polar surface area (TPSA) is 63.9 Å². The second-order valence-corrected chi connectivity index (χ2v) is 5.86. The summed E-state index contributed by atoms with van der Waals surface area (Å²) < 4.78 is 15.8. The van der Waals surface area contributed by atoms with E-state index < -0.39 is 0 Å². The molecule has 1 amide bonds. The summed E-state index contributed by atoms with van der Waals surface area (Å²) in [7, 11) is 3.27. The van der Waals surface area contributed by atoms with Crippen molar-refractivity contribution in [2.45, 2.75) is 12.5 Å². The van der Waals surface area contributed by atoms with E-state index in [0.29, 0.717) is 5.76 Å². The molecule has 2 heterocycles. The maximum Gasteiger partial charge on any atom is 0.244 e. The summed E-state index contributed by atoms with van der Waals surface area (Å²) in [5, 5.41) is 3.03. The molecule has 2 aromatic rings. The Morgan fingerprint density at radius 1 is 1.28 bits per heavy atom. The van der Waals surface area contributed by atoms with Gasteiger partial charge in [-0.05, 0) is 24.6 Å². The van der Waals surface area contributed by atoms with Crippen LogP contribution in [0, 0.1) is 0 Å². The van der Waals surface area contributed by atoms with E-state index in [2.05, 4.69) is 10.2 Å². The molecule has 25 heavy (non-hydrogen) atoms. The summed E-state index contributed by atoms with van der Waals surface area (Å²) in [5.74, 6) is 2.05. The van der Waals surface area contributed by atoms with Gasteiger partial charge in [0.25, 0.3) is 0 Å². The third kappa shape index (κ3) is 4.35. The van der Waals surface area contributed by atoms with Crippen LogP contribution in [-0.4, -0.2) is 39.3 Å². The zero-order chi connectivity index (χ0) is 17.6. The lowest BCUT2D eigenvalue weighted by Gasteiger charge is -2.20. The van der Waals surface area contributed by atoms with Gasteiger partial charge >= 0.3 is 0 Å². The van der Waals surface area contributed by atoms with E-state index in [1.165, 1.54) is 6.08 Å². The van der Waals surface area contributed by atoms with Crippen LogP contribution in [0.15, 0.2) is 47.1 Å². The van der Waals surface area contributed by atoms with Crippen molar-refractivity contribution in [3.63, 3.8) is 0 Å². The maximum absolute atomic E-state index is 12.0. The summed E-state index contributed by atoms with van der Waals surface area (Å²) in [5.41, 5.74) is 1.03. The Kier molecular flexibility index (Phi) is 5.28. The zero-order valence-corrected chi connectivity index (χ0v) is 14.4. The number of carbonyl (C=O) groups excluding carboxylic acids is 1. The second-order valence-electron chi connectivity index (χ2n) is 5.86. The van der Waals surface area contributed by atoms with Gasteiger partial charge < -0.3 is 24.1 Å². The molecule has 0 radical (unpaired) electrons. The van der Waals surface area contributed by atoms with E-state index in [9.17, 15) is 4.79 Å². The highest BCUT2D eigenvalue weighted by Crippen LogP contribution is 2.30. The molecule has 1 aliphatic rings. The number of nitrogens with zero attached hydrogens (tertiary/aromatic N) is 1. The molecular weight excluding hydrogens is 320 g/mol. The normalized spacial score (nSPS) is 17.0. The van der Waals surface area contributed by atoms with Gasteiger partial charge in [0.15, 0.2) is 0 Å². The van der Waals surface area contributed by atoms with Crippen LogP contribution >= 0.6 is 0 Å². The highest BCUT2D eigenvalue weighted by Gasteiger charge is 2.24. The van der Waals surface area contributed by atoms with Crippen LogP contribution in [0.2, 0.25) is 0 Å². The Hall–Kier alpha value is -2.89. The van der Waals surface area contributed by atoms with E-state index in [1.54, 1.807) is 38.7 Å². The molecule has 0 saturated carbocycles. The van der Waals surface area contributed by atoms with Crippen LogP contribution in [0.25, 0.3) is 6.08 Å². The van der Waals surface area contributed by atoms with E-state index in [4.69, 9.17) is 13.9 Å². The molecule has 1 fully saturated rings. The molecule has 3 rings (SSSR count). The lowest BCUT2D eigenvalue weighted by atomic mass is 10.2. The van der Waals surface area contributed by atoms with Gasteiger partial charge in [-0.2, -0.15) is 0 Å². The molecule has 1 atom stereocenters. The van der Waals surface area contributed by atoms with Gasteiger partial charge in [-0.3, -0.25) is 4.79 Å². The summed E-state index contributed by atoms with van der Waals surface area (Å²) in [4.78, 5) is 14.3. The Morgan fingerprint density at radius 2 is 2.04 bits per heavy atom. The predicted octanol–water partition coefficient (Wildman–Crippen LogP) is 2.71. The number of nitrogens with one attached hydrogen (secondary N) is 1. The van der Waals surface area contributed by atoms with Gasteiger partial charge in [-0.1, -0.05) is 0 Å². The van der Waals surface area contributed by atoms with Crippen LogP contribution in [-0.2, 0) is 4.79 Å². The highest BCUT2D eigenvalue weighted by atomic mass is 16.5. The Morgan fingerprint density at radius 3 is 2.68 bits per heavy atom. The molecule has 1 saturated heterocycles. The fourth-order valence-corrected chi connectivity index (χ4v) is 2.88. The van der Waals surface area contributed by atoms with Gasteiger partial charge in [0.2, 0.25) is 5.91 Å². The third-order valence-corrected chi connectivity index (χ3v) is 4.18. The lowest BCUT2D eigenvalue weighted by molar-refractivity contribution is -0.117. The molecule has 1 aromatic heterocycles. The van der Waals surface area contributed by atoms with Gasteiger partial charge in [-0.25, -0.2) is 0 Å². The number of methoxy groups -OCH3 is 2. The van der Waals surface area contributed by atoms with Crippen molar-refractivity contribution in [1.29, 1.82) is 0 Å². The number of ether oxygens (including phenoxy) is 2. The first-order chi connectivity index (χ1) is 12.2. The SMILES string of the molecule is COc1cc(OC)cc(N2CC[C@H](NC(=O)/C=C/c3ccco3)C2)c1. The first-order valence-corrected chi connectivity index (χ1v) is 8.18. The molecule has 6 nitrogen and oxygen atoms in total. The van der Waals surface area contributed by atoms with E-state index in [-0.39, 0.29) is 11.9 Å². The second kappa shape index (κ2) is 7.79. The van der Waals surface area contributed by atoms with E-state index in [0.717, 1.165) is 36.7 Å². The summed E-state index contributed by atoms with van der Waals surface area (Å²) in [6.45, 7) is 1.61. The van der Waals surface area contributed by atoms with Crippen LogP contribution in [0.5, 0.6) is 11.5 Å². The fraction of sp³-hybridized carbons (Fsp3) is 0.316. The Balaban J connectivity index is 1.59. The maximum atomic E-state index is 12.0. The molecule has 132 valence electrons. The van der Waals surface area contributed by atoms with Crippen molar-refractivity contribution >= 4 is 17.7 Å². The van der Waals surface area contributed by atoms with Crippen molar-refractivity contribution in [2.75, 3.05) is 32.2 Å². The Labute approximate surface area is 147 Å². The average molecular weight is 342 g/mol. The Bertz CT molecular complexity index is 718. The number of benzene rings is 1. The first-order valence-electron chi connectivity index (χ1n) is 8.18. The van der Waals surface area contributed by atoms with Crippen LogP contribution in [0.4, 0.5) is 5.69 Å². The molecule has 0 spiro atoms. The minimum Gasteiger partial charge on any atom is -0.497 e. The van der Waals surface area contributed by atoms with Crippen molar-refractivity contribution in [3.8, 4) is 11.5 Å². The molecule has 1 N–H and O–H groups in total. The lowest BCUT2D eigenvalue weighted by Crippen LogP contribution is -2.36. The number of hydrogen-bond donors (Lipinski definition) is 1. The molecule has 1 aromatic carbocycles. The number of carbonyl (C=O) groups is 1. The molecule has 0 bridgehead atoms. The molecule has 6 heteroatoms. The summed E-state index contributed by atoms with van der Waals surface area (Å²) in [6.07, 6.45) is 5.62. The minimum atomic E-state index is -0.119. The van der Waals surface area contributed by atoms with Crippen molar-refractivity contribution < 1.29 is 18.7 Å². The fourth-order valence-electron chi connectivity index (χ4n) is 2.88. The predicted molar refractivity (Wildman–Crippen MR) is 96.0 cm³/mol. The smallest absolute Gasteiger partial charge is 0.244 e. The number of rotatable bonds is 6. The average Bonchev–Trinajstić information content (AvgIpc) is 3.31. The monoisotopic (exact) mass is 342 g/mol. The number of anilines is 1. The number of furan rings is 1. The first kappa shape index (κ1) is 17.0. The van der Waals surface area contributed by atoms with Gasteiger partial charge in [0.05, 0.1) is 20.5 Å². The zero-order valence-electron chi connectivity index (χ0n) is 14.4. The van der Waals surface area contributed by atoms with Gasteiger partial charge in [0, 0.05) is 49.1 Å². The van der Waals surface area contributed by atoms with Crippen LogP contribution in [0.3, 0.4) is 0 Å². The third-order valence-electron chi connectivity index (χ3n) is 4.18. The van der Waals surface area contributed by atoms with Crippen molar-refractivity contribution in [2.24, 2.45) is 0 Å². The summed E-state index contributed by atoms with van der Waals surface area (Å²) in [6, 6.07) is 9.49. The highest BCUT2D eigenvalue weighted by molar-refractivity contribution is 5.91. The van der Waals surface area contributed by atoms with Crippen LogP contribution in [0.1, 0.15) is 12.2 Å². The minimum absolute atomic E-state index is 0.103. The summed E-state index contributed by atoms with van der Waals surface area (Å²) >= 11 is 0. The van der Waals surface area contributed by atoms with E-state index in [1.807, 2.05) is 18.2 Å².